The average Bonchev–Trinajstić information content (AvgIpc) is 2.46. The fourth-order valence-corrected chi connectivity index (χ4v) is 2.67. The highest BCUT2D eigenvalue weighted by molar-refractivity contribution is 6.31. The first kappa shape index (κ1) is 14.0. The quantitative estimate of drug-likeness (QED) is 0.840. The summed E-state index contributed by atoms with van der Waals surface area (Å²) in [4.78, 5) is 14.2. The molecule has 0 spiro atoms. The molecule has 0 bridgehead atoms. The number of carbonyl (C=O) groups excluding carboxylic acids is 1. The Morgan fingerprint density at radius 1 is 1.24 bits per heavy atom. The van der Waals surface area contributed by atoms with Crippen LogP contribution >= 0.6 is 11.6 Å². The summed E-state index contributed by atoms with van der Waals surface area (Å²) in [5, 5.41) is 0.665. The Morgan fingerprint density at radius 2 is 2.00 bits per heavy atom. The molecule has 3 nitrogen and oxygen atoms in total. The smallest absolute Gasteiger partial charge is 0.268 e. The number of anilines is 1. The summed E-state index contributed by atoms with van der Waals surface area (Å²) in [6, 6.07) is 13.4. The molecule has 0 radical (unpaired) electrons. The number of ether oxygens (including phenoxy) is 1. The SMILES string of the molecule is Cc1ccc2c(c1)N(Cc1ccccc1Cl)C(=O)C(C)O2. The van der Waals surface area contributed by atoms with E-state index >= 15 is 0 Å². The zero-order valence-electron chi connectivity index (χ0n) is 12.0. The van der Waals surface area contributed by atoms with Crippen molar-refractivity contribution in [2.45, 2.75) is 26.5 Å². The number of benzene rings is 2. The molecular weight excluding hydrogens is 286 g/mol. The standard InChI is InChI=1S/C17H16ClNO2/c1-11-7-8-16-15(9-11)19(17(20)12(2)21-16)10-13-5-3-4-6-14(13)18/h3-9,12H,10H2,1-2H3. The van der Waals surface area contributed by atoms with E-state index in [-0.39, 0.29) is 5.91 Å². The lowest BCUT2D eigenvalue weighted by Crippen LogP contribution is -2.44. The first-order valence-electron chi connectivity index (χ1n) is 6.88. The van der Waals surface area contributed by atoms with Crippen LogP contribution in [0.3, 0.4) is 0 Å². The number of amides is 1. The highest BCUT2D eigenvalue weighted by atomic mass is 35.5. The van der Waals surface area contributed by atoms with Crippen LogP contribution in [0.1, 0.15) is 18.1 Å². The lowest BCUT2D eigenvalue weighted by molar-refractivity contribution is -0.125. The molecule has 1 heterocycles. The van der Waals surface area contributed by atoms with Crippen LogP contribution in [0.5, 0.6) is 5.75 Å². The lowest BCUT2D eigenvalue weighted by atomic mass is 10.1. The van der Waals surface area contributed by atoms with E-state index in [1.807, 2.05) is 49.4 Å². The Bertz CT molecular complexity index is 699. The molecule has 0 aliphatic carbocycles. The van der Waals surface area contributed by atoms with Crippen LogP contribution in [0.15, 0.2) is 42.5 Å². The maximum Gasteiger partial charge on any atom is 0.268 e. The van der Waals surface area contributed by atoms with Gasteiger partial charge in [0.1, 0.15) is 5.75 Å². The molecule has 0 saturated carbocycles. The van der Waals surface area contributed by atoms with Gasteiger partial charge in [0.15, 0.2) is 6.10 Å². The van der Waals surface area contributed by atoms with Crippen molar-refractivity contribution in [2.24, 2.45) is 0 Å². The van der Waals surface area contributed by atoms with Gasteiger partial charge < -0.3 is 9.64 Å². The van der Waals surface area contributed by atoms with Crippen molar-refractivity contribution in [3.05, 3.63) is 58.6 Å². The van der Waals surface area contributed by atoms with Gasteiger partial charge in [0.25, 0.3) is 5.91 Å². The highest BCUT2D eigenvalue weighted by Gasteiger charge is 2.31. The predicted octanol–water partition coefficient (Wildman–Crippen LogP) is 3.96. The van der Waals surface area contributed by atoms with E-state index in [2.05, 4.69) is 0 Å². The van der Waals surface area contributed by atoms with Gasteiger partial charge in [-0.05, 0) is 43.2 Å². The van der Waals surface area contributed by atoms with Gasteiger partial charge in [0.2, 0.25) is 0 Å². The van der Waals surface area contributed by atoms with Crippen LogP contribution in [0, 0.1) is 6.92 Å². The van der Waals surface area contributed by atoms with E-state index in [4.69, 9.17) is 16.3 Å². The molecule has 4 heteroatoms. The molecule has 1 aliphatic rings. The summed E-state index contributed by atoms with van der Waals surface area (Å²) in [5.74, 6) is 0.688. The fraction of sp³-hybridized carbons (Fsp3) is 0.235. The summed E-state index contributed by atoms with van der Waals surface area (Å²) >= 11 is 6.22. The molecular formula is C17H16ClNO2. The summed E-state index contributed by atoms with van der Waals surface area (Å²) in [7, 11) is 0. The summed E-state index contributed by atoms with van der Waals surface area (Å²) < 4.78 is 5.67. The normalized spacial score (nSPS) is 17.4. The van der Waals surface area contributed by atoms with Crippen molar-refractivity contribution in [2.75, 3.05) is 4.90 Å². The molecule has 0 aromatic heterocycles. The molecule has 21 heavy (non-hydrogen) atoms. The summed E-state index contributed by atoms with van der Waals surface area (Å²) in [6.45, 7) is 4.21. The van der Waals surface area contributed by atoms with Gasteiger partial charge in [0.05, 0.1) is 12.2 Å². The number of rotatable bonds is 2. The van der Waals surface area contributed by atoms with E-state index in [1.165, 1.54) is 0 Å². The minimum atomic E-state index is -0.484. The number of halogens is 1. The molecule has 3 rings (SSSR count). The van der Waals surface area contributed by atoms with Crippen molar-refractivity contribution >= 4 is 23.2 Å². The number of hydrogen-bond donors (Lipinski definition) is 0. The minimum absolute atomic E-state index is 0.0481. The molecule has 108 valence electrons. The third-order valence-corrected chi connectivity index (χ3v) is 3.98. The van der Waals surface area contributed by atoms with Crippen molar-refractivity contribution < 1.29 is 9.53 Å². The van der Waals surface area contributed by atoms with E-state index in [1.54, 1.807) is 11.8 Å². The van der Waals surface area contributed by atoms with Gasteiger partial charge >= 0.3 is 0 Å². The number of carbonyl (C=O) groups is 1. The number of nitrogens with zero attached hydrogens (tertiary/aromatic N) is 1. The summed E-state index contributed by atoms with van der Waals surface area (Å²) in [5.41, 5.74) is 2.82. The minimum Gasteiger partial charge on any atom is -0.479 e. The molecule has 0 N–H and O–H groups in total. The molecule has 0 saturated heterocycles. The Hall–Kier alpha value is -2.00. The zero-order chi connectivity index (χ0) is 15.0. The Labute approximate surface area is 129 Å². The molecule has 1 unspecified atom stereocenters. The molecule has 2 aromatic carbocycles. The second-order valence-corrected chi connectivity index (χ2v) is 5.65. The van der Waals surface area contributed by atoms with Gasteiger partial charge in [-0.15, -0.1) is 0 Å². The number of aryl methyl sites for hydroxylation is 1. The molecule has 1 atom stereocenters. The average molecular weight is 302 g/mol. The van der Waals surface area contributed by atoms with Crippen LogP contribution in [0.4, 0.5) is 5.69 Å². The van der Waals surface area contributed by atoms with Crippen molar-refractivity contribution in [1.29, 1.82) is 0 Å². The van der Waals surface area contributed by atoms with Crippen molar-refractivity contribution in [1.82, 2.24) is 0 Å². The van der Waals surface area contributed by atoms with Gasteiger partial charge in [-0.3, -0.25) is 4.79 Å². The number of fused-ring (bicyclic) bond motifs is 1. The van der Waals surface area contributed by atoms with E-state index in [0.29, 0.717) is 11.6 Å². The highest BCUT2D eigenvalue weighted by Crippen LogP contribution is 2.36. The molecule has 2 aromatic rings. The summed E-state index contributed by atoms with van der Waals surface area (Å²) in [6.07, 6.45) is -0.484. The zero-order valence-corrected chi connectivity index (χ0v) is 12.7. The van der Waals surface area contributed by atoms with Crippen LogP contribution in [-0.2, 0) is 11.3 Å². The maximum atomic E-state index is 12.5. The van der Waals surface area contributed by atoms with Gasteiger partial charge in [0, 0.05) is 5.02 Å². The second-order valence-electron chi connectivity index (χ2n) is 5.25. The van der Waals surface area contributed by atoms with Gasteiger partial charge in [-0.1, -0.05) is 35.9 Å². The monoisotopic (exact) mass is 301 g/mol. The van der Waals surface area contributed by atoms with Crippen LogP contribution < -0.4 is 9.64 Å². The van der Waals surface area contributed by atoms with E-state index in [0.717, 1.165) is 22.6 Å². The van der Waals surface area contributed by atoms with Crippen LogP contribution in [-0.4, -0.2) is 12.0 Å². The first-order chi connectivity index (χ1) is 10.1. The van der Waals surface area contributed by atoms with Crippen molar-refractivity contribution in [3.63, 3.8) is 0 Å². The third kappa shape index (κ3) is 2.61. The third-order valence-electron chi connectivity index (χ3n) is 3.61. The Morgan fingerprint density at radius 3 is 2.76 bits per heavy atom. The van der Waals surface area contributed by atoms with E-state index < -0.39 is 6.10 Å². The van der Waals surface area contributed by atoms with Crippen LogP contribution in [0.2, 0.25) is 5.02 Å². The van der Waals surface area contributed by atoms with Gasteiger partial charge in [-0.2, -0.15) is 0 Å². The lowest BCUT2D eigenvalue weighted by Gasteiger charge is -2.33. The number of hydrogen-bond acceptors (Lipinski definition) is 2. The molecule has 1 amide bonds. The predicted molar refractivity (Wildman–Crippen MR) is 83.9 cm³/mol. The molecule has 0 fully saturated rings. The van der Waals surface area contributed by atoms with E-state index in [9.17, 15) is 4.79 Å². The Kier molecular flexibility index (Phi) is 3.60. The molecule has 1 aliphatic heterocycles. The first-order valence-corrected chi connectivity index (χ1v) is 7.26. The largest absolute Gasteiger partial charge is 0.479 e. The van der Waals surface area contributed by atoms with Gasteiger partial charge in [-0.25, -0.2) is 0 Å². The van der Waals surface area contributed by atoms with Crippen molar-refractivity contribution in [3.8, 4) is 5.75 Å². The second kappa shape index (κ2) is 5.41. The maximum absolute atomic E-state index is 12.5. The topological polar surface area (TPSA) is 29.5 Å². The Balaban J connectivity index is 2.03. The van der Waals surface area contributed by atoms with Crippen LogP contribution in [0.25, 0.3) is 0 Å². The fourth-order valence-electron chi connectivity index (χ4n) is 2.48.